The summed E-state index contributed by atoms with van der Waals surface area (Å²) < 4.78 is 2.33. The molecule has 0 amide bonds. The van der Waals surface area contributed by atoms with Gasteiger partial charge in [0, 0.05) is 31.7 Å². The molecule has 0 bridgehead atoms. The Labute approximate surface area is 207 Å². The van der Waals surface area contributed by atoms with Gasteiger partial charge in [0.15, 0.2) is 0 Å². The van der Waals surface area contributed by atoms with E-state index >= 15 is 0 Å². The minimum Gasteiger partial charge on any atom is -0.385 e. The molecule has 3 N–H and O–H groups in total. The molecule has 0 aromatic rings. The van der Waals surface area contributed by atoms with Crippen LogP contribution >= 0.6 is 22.9 Å². The monoisotopic (exact) mass is 551 g/mol. The first-order valence-corrected chi connectivity index (χ1v) is 13.3. The molecule has 8 heteroatoms. The van der Waals surface area contributed by atoms with Crippen molar-refractivity contribution in [2.24, 2.45) is 0 Å². The number of nitrogens with one attached hydrogen (secondary N) is 3. The molecule has 0 radical (unpaired) electrons. The van der Waals surface area contributed by atoms with Gasteiger partial charge in [-0.2, -0.15) is 0 Å². The Morgan fingerprint density at radius 2 is 1.78 bits per heavy atom. The maximum atomic E-state index is 3.84. The lowest BCUT2D eigenvalue weighted by atomic mass is 10.0. The van der Waals surface area contributed by atoms with Crippen LogP contribution in [0.5, 0.6) is 0 Å². The van der Waals surface area contributed by atoms with Crippen LogP contribution in [0.15, 0.2) is 47.6 Å². The van der Waals surface area contributed by atoms with E-state index in [4.69, 9.17) is 0 Å². The van der Waals surface area contributed by atoms with Crippen molar-refractivity contribution in [3.63, 3.8) is 0 Å². The third-order valence-electron chi connectivity index (χ3n) is 7.61. The fourth-order valence-corrected chi connectivity index (χ4v) is 6.52. The lowest BCUT2D eigenvalue weighted by Gasteiger charge is -2.40. The summed E-state index contributed by atoms with van der Waals surface area (Å²) in [7, 11) is 0. The van der Waals surface area contributed by atoms with Crippen LogP contribution in [0.3, 0.4) is 0 Å². The molecular formula is C24H38IN7. The number of rotatable bonds is 4. The van der Waals surface area contributed by atoms with E-state index in [2.05, 4.69) is 94.8 Å². The summed E-state index contributed by atoms with van der Waals surface area (Å²) >= 11 is 2.44. The van der Waals surface area contributed by atoms with E-state index in [1.807, 2.05) is 6.20 Å². The number of hydrogen-bond acceptors (Lipinski definition) is 7. The van der Waals surface area contributed by atoms with Crippen molar-refractivity contribution >= 4 is 22.9 Å². The summed E-state index contributed by atoms with van der Waals surface area (Å²) in [4.78, 5) is 8.05. The number of likely N-dealkylation sites (tertiary alicyclic amines) is 1. The van der Waals surface area contributed by atoms with Gasteiger partial charge in [-0.3, -0.25) is 12.9 Å². The maximum Gasteiger partial charge on any atom is 0.149 e. The number of nitrogens with zero attached hydrogens (tertiary/aromatic N) is 4. The highest BCUT2D eigenvalue weighted by molar-refractivity contribution is 14.1. The molecule has 0 spiro atoms. The third-order valence-corrected chi connectivity index (χ3v) is 8.75. The summed E-state index contributed by atoms with van der Waals surface area (Å²) in [6.45, 7) is 12.8. The molecular weight excluding hydrogens is 513 g/mol. The third kappa shape index (κ3) is 4.69. The lowest BCUT2D eigenvalue weighted by Crippen LogP contribution is -2.51. The van der Waals surface area contributed by atoms with E-state index in [-0.39, 0.29) is 12.3 Å². The molecule has 5 rings (SSSR count). The number of halogens is 1. The van der Waals surface area contributed by atoms with Crippen molar-refractivity contribution in [1.82, 2.24) is 33.8 Å². The van der Waals surface area contributed by atoms with Gasteiger partial charge < -0.3 is 20.9 Å². The Morgan fingerprint density at radius 3 is 2.56 bits per heavy atom. The van der Waals surface area contributed by atoms with Crippen LogP contribution in [0.4, 0.5) is 0 Å². The quantitative estimate of drug-likeness (QED) is 0.366. The number of piperidine rings is 1. The second-order valence-electron chi connectivity index (χ2n) is 9.82. The van der Waals surface area contributed by atoms with Crippen LogP contribution < -0.4 is 16.0 Å². The predicted octanol–water partition coefficient (Wildman–Crippen LogP) is 2.15. The van der Waals surface area contributed by atoms with Crippen molar-refractivity contribution in [3.05, 3.63) is 47.6 Å². The van der Waals surface area contributed by atoms with Gasteiger partial charge in [0.1, 0.15) is 6.17 Å². The molecule has 2 unspecified atom stereocenters. The average Bonchev–Trinajstić information content (AvgIpc) is 2.99. The molecule has 2 fully saturated rings. The zero-order valence-electron chi connectivity index (χ0n) is 19.4. The van der Waals surface area contributed by atoms with E-state index in [9.17, 15) is 0 Å². The highest BCUT2D eigenvalue weighted by Gasteiger charge is 2.34. The van der Waals surface area contributed by atoms with Crippen molar-refractivity contribution in [1.29, 1.82) is 0 Å². The zero-order valence-corrected chi connectivity index (χ0v) is 21.6. The second kappa shape index (κ2) is 9.95. The van der Waals surface area contributed by atoms with E-state index in [1.54, 1.807) is 0 Å². The molecule has 0 aromatic carbocycles. The molecule has 7 nitrogen and oxygen atoms in total. The Morgan fingerprint density at radius 1 is 1.00 bits per heavy atom. The minimum atomic E-state index is 0.159. The minimum absolute atomic E-state index is 0.159. The smallest absolute Gasteiger partial charge is 0.149 e. The van der Waals surface area contributed by atoms with Crippen LogP contribution in [-0.2, 0) is 0 Å². The first-order chi connectivity index (χ1) is 15.6. The van der Waals surface area contributed by atoms with E-state index in [1.165, 1.54) is 62.5 Å². The Bertz CT molecular complexity index is 796. The summed E-state index contributed by atoms with van der Waals surface area (Å²) in [6, 6.07) is 1.45. The number of dihydropyridines is 2. The number of hydrogen-bond donors (Lipinski definition) is 3. The molecule has 2 atom stereocenters. The maximum absolute atomic E-state index is 3.84. The second-order valence-corrected chi connectivity index (χ2v) is 10.9. The van der Waals surface area contributed by atoms with Gasteiger partial charge in [-0.1, -0.05) is 6.08 Å². The molecule has 0 aromatic heterocycles. The lowest BCUT2D eigenvalue weighted by molar-refractivity contribution is 0.0927. The zero-order chi connectivity index (χ0) is 22.1. The summed E-state index contributed by atoms with van der Waals surface area (Å²) in [5.41, 5.74) is 3.79. The fourth-order valence-electron chi connectivity index (χ4n) is 5.65. The van der Waals surface area contributed by atoms with Crippen LogP contribution in [-0.4, -0.2) is 88.0 Å². The van der Waals surface area contributed by atoms with Gasteiger partial charge >= 0.3 is 0 Å². The van der Waals surface area contributed by atoms with Gasteiger partial charge in [0.2, 0.25) is 0 Å². The number of allylic oxidation sites excluding steroid dienone is 3. The summed E-state index contributed by atoms with van der Waals surface area (Å²) in [5, 5.41) is 10.8. The Hall–Kier alpha value is -1.23. The van der Waals surface area contributed by atoms with Gasteiger partial charge in [-0.25, -0.2) is 0 Å². The predicted molar refractivity (Wildman–Crippen MR) is 139 cm³/mol. The van der Waals surface area contributed by atoms with Crippen molar-refractivity contribution in [2.45, 2.75) is 57.5 Å². The Balaban J connectivity index is 1.15. The molecule has 0 aliphatic carbocycles. The molecule has 2 saturated heterocycles. The topological polar surface area (TPSA) is 49.1 Å². The molecule has 176 valence electrons. The molecule has 5 heterocycles. The normalized spacial score (nSPS) is 30.6. The summed E-state index contributed by atoms with van der Waals surface area (Å²) in [6.07, 6.45) is 15.3. The van der Waals surface area contributed by atoms with Gasteiger partial charge in [0.25, 0.3) is 0 Å². The van der Waals surface area contributed by atoms with Crippen LogP contribution in [0.25, 0.3) is 0 Å². The molecule has 32 heavy (non-hydrogen) atoms. The Kier molecular flexibility index (Phi) is 7.01. The fraction of sp³-hybridized carbons (Fsp3) is 0.667. The van der Waals surface area contributed by atoms with E-state index in [0.717, 1.165) is 25.7 Å². The summed E-state index contributed by atoms with van der Waals surface area (Å²) in [5.74, 6) is 0. The van der Waals surface area contributed by atoms with Crippen LogP contribution in [0.1, 0.15) is 33.1 Å². The first-order valence-electron chi connectivity index (χ1n) is 12.3. The molecule has 5 aliphatic heterocycles. The van der Waals surface area contributed by atoms with E-state index in [0.29, 0.717) is 6.04 Å². The standard InChI is InChI=1S/C24H38IN7/c1-18(2)29-13-8-19(9-14-29)30-11-4-12-31(16-15-30)23-6-3-5-21(27-23)24-28-20-7-10-26-17-22(20)32(24)25/h3,5-7,10,18-19,23-24,26-28H,4,8-9,11-17H2,1-2H3. The van der Waals surface area contributed by atoms with E-state index < -0.39 is 0 Å². The molecule has 5 aliphatic rings. The average molecular weight is 552 g/mol. The van der Waals surface area contributed by atoms with Gasteiger partial charge in [-0.05, 0) is 77.2 Å². The largest absolute Gasteiger partial charge is 0.385 e. The van der Waals surface area contributed by atoms with Crippen molar-refractivity contribution < 1.29 is 0 Å². The van der Waals surface area contributed by atoms with Gasteiger partial charge in [-0.15, -0.1) is 0 Å². The highest BCUT2D eigenvalue weighted by atomic mass is 127. The highest BCUT2D eigenvalue weighted by Crippen LogP contribution is 2.30. The SMILES string of the molecule is CC(C)N1CCC(N2CCCN(C3C=CC=C(C4NC5=C(CNC=C5)N4I)N3)CC2)CC1. The van der Waals surface area contributed by atoms with Crippen LogP contribution in [0, 0.1) is 0 Å². The molecule has 0 saturated carbocycles. The van der Waals surface area contributed by atoms with Crippen LogP contribution in [0.2, 0.25) is 0 Å². The van der Waals surface area contributed by atoms with Crippen molar-refractivity contribution in [3.8, 4) is 0 Å². The van der Waals surface area contributed by atoms with Crippen molar-refractivity contribution in [2.75, 3.05) is 45.8 Å². The first kappa shape index (κ1) is 22.6. The van der Waals surface area contributed by atoms with Gasteiger partial charge in [0.05, 0.1) is 52.7 Å².